The van der Waals surface area contributed by atoms with Crippen LogP contribution in [0.4, 0.5) is 5.69 Å². The van der Waals surface area contributed by atoms with Crippen molar-refractivity contribution < 1.29 is 13.9 Å². The summed E-state index contributed by atoms with van der Waals surface area (Å²) in [6.07, 6.45) is 0. The minimum Gasteiger partial charge on any atom is -0.495 e. The Morgan fingerprint density at radius 1 is 1.03 bits per heavy atom. The molecule has 1 heterocycles. The molecule has 4 aromatic carbocycles. The van der Waals surface area contributed by atoms with Crippen molar-refractivity contribution in [3.05, 3.63) is 87.4 Å². The fourth-order valence-electron chi connectivity index (χ4n) is 4.27. The predicted molar refractivity (Wildman–Crippen MR) is 156 cm³/mol. The van der Waals surface area contributed by atoms with E-state index in [0.29, 0.717) is 21.7 Å². The number of benzene rings is 4. The van der Waals surface area contributed by atoms with Gasteiger partial charge in [0, 0.05) is 11.3 Å². The molecule has 5 aromatic rings. The molecule has 0 aliphatic rings. The van der Waals surface area contributed by atoms with Gasteiger partial charge in [-0.15, -0.1) is 0 Å². The van der Waals surface area contributed by atoms with Crippen LogP contribution in [0.5, 0.6) is 5.75 Å². The second kappa shape index (κ2) is 9.95. The Labute approximate surface area is 228 Å². The number of carbonyl (C=O) groups excluding carboxylic acids is 1. The van der Waals surface area contributed by atoms with E-state index >= 15 is 0 Å². The van der Waals surface area contributed by atoms with E-state index in [-0.39, 0.29) is 11.0 Å². The quantitative estimate of drug-likeness (QED) is 0.217. The number of hydrogen-bond donors (Lipinski definition) is 2. The van der Waals surface area contributed by atoms with Gasteiger partial charge in [-0.05, 0) is 107 Å². The zero-order valence-corrected chi connectivity index (χ0v) is 23.1. The van der Waals surface area contributed by atoms with Crippen molar-refractivity contribution in [1.29, 1.82) is 0 Å². The van der Waals surface area contributed by atoms with Crippen LogP contribution in [0.25, 0.3) is 33.3 Å². The maximum absolute atomic E-state index is 13.2. The third-order valence-corrected chi connectivity index (χ3v) is 7.42. The molecule has 0 spiro atoms. The minimum atomic E-state index is -0.376. The number of thiocarbonyl (C=S) groups is 1. The predicted octanol–water partition coefficient (Wildman–Crippen LogP) is 7.47. The third-order valence-electron chi connectivity index (χ3n) is 6.43. The molecule has 2 N–H and O–H groups in total. The average Bonchev–Trinajstić information content (AvgIpc) is 3.27. The van der Waals surface area contributed by atoms with Gasteiger partial charge in [-0.1, -0.05) is 30.3 Å². The number of hydrogen-bond acceptors (Lipinski definition) is 5. The molecule has 5 rings (SSSR count). The largest absolute Gasteiger partial charge is 0.495 e. The van der Waals surface area contributed by atoms with Crippen LogP contribution in [-0.4, -0.2) is 23.1 Å². The number of amides is 1. The average molecular weight is 575 g/mol. The Hall–Kier alpha value is -3.75. The van der Waals surface area contributed by atoms with Gasteiger partial charge in [-0.3, -0.25) is 10.1 Å². The van der Waals surface area contributed by atoms with Crippen molar-refractivity contribution in [1.82, 2.24) is 10.3 Å². The summed E-state index contributed by atoms with van der Waals surface area (Å²) >= 11 is 9.06. The highest BCUT2D eigenvalue weighted by molar-refractivity contribution is 9.10. The van der Waals surface area contributed by atoms with Crippen molar-refractivity contribution in [3.63, 3.8) is 0 Å². The summed E-state index contributed by atoms with van der Waals surface area (Å²) in [5.74, 6) is 0.597. The van der Waals surface area contributed by atoms with Gasteiger partial charge in [-0.2, -0.15) is 0 Å². The molecule has 6 nitrogen and oxygen atoms in total. The first-order valence-electron chi connectivity index (χ1n) is 11.6. The number of oxazole rings is 1. The third kappa shape index (κ3) is 4.70. The van der Waals surface area contributed by atoms with Crippen molar-refractivity contribution in [2.24, 2.45) is 0 Å². The van der Waals surface area contributed by atoms with Gasteiger partial charge in [0.25, 0.3) is 5.91 Å². The SMILES string of the molecule is COc1c(C(=O)NC(=S)Nc2cccc(-c3nc4cc(C)c(C)cc4o3)c2C)cc2ccccc2c1Br. The minimum absolute atomic E-state index is 0.167. The van der Waals surface area contributed by atoms with E-state index in [0.717, 1.165) is 49.8 Å². The van der Waals surface area contributed by atoms with Gasteiger partial charge < -0.3 is 14.5 Å². The summed E-state index contributed by atoms with van der Waals surface area (Å²) in [4.78, 5) is 17.9. The molecule has 0 aliphatic heterocycles. The van der Waals surface area contributed by atoms with Crippen LogP contribution in [0.1, 0.15) is 27.0 Å². The Morgan fingerprint density at radius 2 is 1.78 bits per heavy atom. The Morgan fingerprint density at radius 3 is 2.57 bits per heavy atom. The van der Waals surface area contributed by atoms with Gasteiger partial charge in [0.2, 0.25) is 5.89 Å². The lowest BCUT2D eigenvalue weighted by Gasteiger charge is -2.16. The molecule has 0 unspecified atom stereocenters. The number of halogens is 1. The number of rotatable bonds is 4. The molecule has 37 heavy (non-hydrogen) atoms. The standard InChI is InChI=1S/C29H24BrN3O3S/c1-15-12-23-24(13-16(15)2)36-28(31-23)19-10-7-11-22(17(19)3)32-29(37)33-27(34)21-14-18-8-5-6-9-20(18)25(30)26(21)35-4/h5-14H,1-4H3,(H2,32,33,34,37). The number of methoxy groups -OCH3 is 1. The number of aromatic nitrogens is 1. The lowest BCUT2D eigenvalue weighted by atomic mass is 10.1. The van der Waals surface area contributed by atoms with E-state index in [1.165, 1.54) is 7.11 Å². The molecule has 0 radical (unpaired) electrons. The van der Waals surface area contributed by atoms with Crippen LogP contribution in [-0.2, 0) is 0 Å². The molecular formula is C29H24BrN3O3S. The molecule has 0 saturated carbocycles. The fraction of sp³-hybridized carbons (Fsp3) is 0.138. The summed E-state index contributed by atoms with van der Waals surface area (Å²) in [5, 5.41) is 7.94. The zero-order chi connectivity index (χ0) is 26.3. The van der Waals surface area contributed by atoms with Crippen LogP contribution in [0.3, 0.4) is 0 Å². The van der Waals surface area contributed by atoms with Crippen LogP contribution in [0, 0.1) is 20.8 Å². The van der Waals surface area contributed by atoms with E-state index in [1.807, 2.05) is 68.4 Å². The molecule has 0 atom stereocenters. The van der Waals surface area contributed by atoms with Gasteiger partial charge in [0.15, 0.2) is 10.7 Å². The monoisotopic (exact) mass is 573 g/mol. The highest BCUT2D eigenvalue weighted by atomic mass is 79.9. The molecule has 0 fully saturated rings. The topological polar surface area (TPSA) is 76.4 Å². The van der Waals surface area contributed by atoms with Crippen molar-refractivity contribution in [2.75, 3.05) is 12.4 Å². The van der Waals surface area contributed by atoms with E-state index in [9.17, 15) is 4.79 Å². The number of nitrogens with one attached hydrogen (secondary N) is 2. The molecule has 0 aliphatic carbocycles. The van der Waals surface area contributed by atoms with Crippen LogP contribution >= 0.6 is 28.1 Å². The maximum atomic E-state index is 13.2. The van der Waals surface area contributed by atoms with Gasteiger partial charge in [0.1, 0.15) is 11.3 Å². The summed E-state index contributed by atoms with van der Waals surface area (Å²) in [7, 11) is 1.53. The number of aryl methyl sites for hydroxylation is 2. The molecule has 186 valence electrons. The maximum Gasteiger partial charge on any atom is 0.261 e. The highest BCUT2D eigenvalue weighted by Gasteiger charge is 2.20. The number of anilines is 1. The van der Waals surface area contributed by atoms with Gasteiger partial charge >= 0.3 is 0 Å². The van der Waals surface area contributed by atoms with E-state index < -0.39 is 0 Å². The normalized spacial score (nSPS) is 11.1. The number of fused-ring (bicyclic) bond motifs is 2. The molecule has 8 heteroatoms. The summed E-state index contributed by atoms with van der Waals surface area (Å²) in [6, 6.07) is 19.3. The van der Waals surface area contributed by atoms with Crippen LogP contribution in [0.2, 0.25) is 0 Å². The first kappa shape index (κ1) is 24.9. The molecule has 0 bridgehead atoms. The summed E-state index contributed by atoms with van der Waals surface area (Å²) in [5.41, 5.74) is 6.72. The van der Waals surface area contributed by atoms with Gasteiger partial charge in [0.05, 0.1) is 17.1 Å². The van der Waals surface area contributed by atoms with Crippen molar-refractivity contribution in [2.45, 2.75) is 20.8 Å². The van der Waals surface area contributed by atoms with Crippen molar-refractivity contribution >= 4 is 66.7 Å². The van der Waals surface area contributed by atoms with E-state index in [2.05, 4.69) is 33.5 Å². The van der Waals surface area contributed by atoms with Crippen LogP contribution in [0.15, 0.2) is 69.6 Å². The molecule has 1 amide bonds. The summed E-state index contributed by atoms with van der Waals surface area (Å²) in [6.45, 7) is 6.06. The second-order valence-corrected chi connectivity index (χ2v) is 10.0. The first-order chi connectivity index (χ1) is 17.8. The van der Waals surface area contributed by atoms with E-state index in [4.69, 9.17) is 26.4 Å². The number of carbonyl (C=O) groups is 1. The fourth-order valence-corrected chi connectivity index (χ4v) is 5.21. The smallest absolute Gasteiger partial charge is 0.261 e. The molecular weight excluding hydrogens is 550 g/mol. The summed E-state index contributed by atoms with van der Waals surface area (Å²) < 4.78 is 12.3. The Balaban J connectivity index is 1.40. The molecule has 0 saturated heterocycles. The van der Waals surface area contributed by atoms with Crippen molar-refractivity contribution in [3.8, 4) is 17.2 Å². The van der Waals surface area contributed by atoms with Crippen LogP contribution < -0.4 is 15.4 Å². The lowest BCUT2D eigenvalue weighted by Crippen LogP contribution is -2.34. The number of nitrogens with zero attached hydrogens (tertiary/aromatic N) is 1. The molecule has 1 aromatic heterocycles. The lowest BCUT2D eigenvalue weighted by molar-refractivity contribution is 0.0975. The Kier molecular flexibility index (Phi) is 6.70. The number of ether oxygens (including phenoxy) is 1. The van der Waals surface area contributed by atoms with Gasteiger partial charge in [-0.25, -0.2) is 4.98 Å². The Bertz CT molecular complexity index is 1670. The second-order valence-electron chi connectivity index (χ2n) is 8.80. The first-order valence-corrected chi connectivity index (χ1v) is 12.8. The highest BCUT2D eigenvalue weighted by Crippen LogP contribution is 2.37. The zero-order valence-electron chi connectivity index (χ0n) is 20.7. The van der Waals surface area contributed by atoms with E-state index in [1.54, 1.807) is 6.07 Å².